The van der Waals surface area contributed by atoms with Crippen molar-refractivity contribution in [3.05, 3.63) is 64.1 Å². The minimum Gasteiger partial charge on any atom is -0.496 e. The second-order valence-electron chi connectivity index (χ2n) is 4.75. The third-order valence-corrected chi connectivity index (χ3v) is 3.69. The van der Waals surface area contributed by atoms with Crippen LogP contribution in [0.15, 0.2) is 53.0 Å². The van der Waals surface area contributed by atoms with E-state index in [0.717, 1.165) is 10.0 Å². The monoisotopic (exact) mass is 389 g/mol. The minimum atomic E-state index is -0.511. The highest BCUT2D eigenvalue weighted by molar-refractivity contribution is 9.10. The van der Waals surface area contributed by atoms with Crippen LogP contribution in [0.25, 0.3) is 6.08 Å². The lowest BCUT2D eigenvalue weighted by molar-refractivity contribution is -0.111. The van der Waals surface area contributed by atoms with E-state index in [9.17, 15) is 9.59 Å². The van der Waals surface area contributed by atoms with Crippen LogP contribution in [0.1, 0.15) is 15.9 Å². The molecule has 0 fully saturated rings. The Labute approximate surface area is 148 Å². The number of halogens is 1. The number of methoxy groups -OCH3 is 2. The Balaban J connectivity index is 2.17. The highest BCUT2D eigenvalue weighted by Crippen LogP contribution is 2.24. The highest BCUT2D eigenvalue weighted by Gasteiger charge is 2.12. The Morgan fingerprint density at radius 3 is 2.58 bits per heavy atom. The van der Waals surface area contributed by atoms with Gasteiger partial charge in [0.15, 0.2) is 0 Å². The number of para-hydroxylation sites is 1. The summed E-state index contributed by atoms with van der Waals surface area (Å²) in [5, 5.41) is 2.67. The van der Waals surface area contributed by atoms with Gasteiger partial charge in [-0.2, -0.15) is 0 Å². The van der Waals surface area contributed by atoms with Crippen LogP contribution in [-0.4, -0.2) is 26.1 Å². The van der Waals surface area contributed by atoms with Crippen molar-refractivity contribution < 1.29 is 19.1 Å². The van der Waals surface area contributed by atoms with E-state index in [-0.39, 0.29) is 5.91 Å². The third-order valence-electron chi connectivity index (χ3n) is 3.20. The number of amides is 1. The van der Waals surface area contributed by atoms with Gasteiger partial charge in [-0.15, -0.1) is 0 Å². The number of esters is 1. The molecule has 0 saturated carbocycles. The number of anilines is 1. The molecule has 0 aliphatic carbocycles. The topological polar surface area (TPSA) is 64.6 Å². The Hall–Kier alpha value is -2.60. The fourth-order valence-electron chi connectivity index (χ4n) is 2.06. The van der Waals surface area contributed by atoms with Gasteiger partial charge in [0.1, 0.15) is 5.75 Å². The number of hydrogen-bond acceptors (Lipinski definition) is 4. The molecule has 1 N–H and O–H groups in total. The van der Waals surface area contributed by atoms with Crippen LogP contribution >= 0.6 is 15.9 Å². The summed E-state index contributed by atoms with van der Waals surface area (Å²) >= 11 is 3.38. The van der Waals surface area contributed by atoms with Gasteiger partial charge < -0.3 is 14.8 Å². The number of benzene rings is 2. The van der Waals surface area contributed by atoms with Crippen LogP contribution in [0, 0.1) is 0 Å². The van der Waals surface area contributed by atoms with E-state index in [1.54, 1.807) is 43.5 Å². The van der Waals surface area contributed by atoms with Crippen LogP contribution in [0.4, 0.5) is 5.69 Å². The number of nitrogens with one attached hydrogen (secondary N) is 1. The van der Waals surface area contributed by atoms with Crippen LogP contribution in [0.5, 0.6) is 5.75 Å². The first kappa shape index (κ1) is 17.7. The lowest BCUT2D eigenvalue weighted by Gasteiger charge is -2.08. The maximum atomic E-state index is 12.1. The van der Waals surface area contributed by atoms with E-state index >= 15 is 0 Å². The first-order chi connectivity index (χ1) is 11.5. The summed E-state index contributed by atoms with van der Waals surface area (Å²) in [5.41, 5.74) is 1.44. The molecule has 2 rings (SSSR count). The zero-order valence-corrected chi connectivity index (χ0v) is 14.8. The molecule has 124 valence electrons. The van der Waals surface area contributed by atoms with Crippen molar-refractivity contribution in [3.8, 4) is 5.75 Å². The molecule has 24 heavy (non-hydrogen) atoms. The normalized spacial score (nSPS) is 10.5. The smallest absolute Gasteiger partial charge is 0.339 e. The molecule has 0 aliphatic heterocycles. The summed E-state index contributed by atoms with van der Waals surface area (Å²) in [5.74, 6) is -0.228. The molecular weight excluding hydrogens is 374 g/mol. The lowest BCUT2D eigenvalue weighted by Crippen LogP contribution is -2.12. The molecule has 0 heterocycles. The van der Waals surface area contributed by atoms with E-state index in [4.69, 9.17) is 9.47 Å². The van der Waals surface area contributed by atoms with Gasteiger partial charge in [0.05, 0.1) is 25.5 Å². The predicted octanol–water partition coefficient (Wildman–Crippen LogP) is 3.90. The van der Waals surface area contributed by atoms with Gasteiger partial charge >= 0.3 is 5.97 Å². The van der Waals surface area contributed by atoms with Gasteiger partial charge in [-0.05, 0) is 36.4 Å². The second-order valence-corrected chi connectivity index (χ2v) is 5.66. The highest BCUT2D eigenvalue weighted by atomic mass is 79.9. The minimum absolute atomic E-state index is 0.293. The molecule has 0 radical (unpaired) electrons. The molecule has 0 saturated heterocycles. The molecular formula is C18H16BrNO4. The fraction of sp³-hybridized carbons (Fsp3) is 0.111. The lowest BCUT2D eigenvalue weighted by atomic mass is 10.1. The van der Waals surface area contributed by atoms with Crippen LogP contribution in [0.2, 0.25) is 0 Å². The van der Waals surface area contributed by atoms with Crippen molar-refractivity contribution in [3.63, 3.8) is 0 Å². The SMILES string of the molecule is COC(=O)c1ccccc1NC(=O)/C=C/c1cc(Br)ccc1OC. The van der Waals surface area contributed by atoms with Crippen molar-refractivity contribution in [2.45, 2.75) is 0 Å². The zero-order chi connectivity index (χ0) is 17.5. The van der Waals surface area contributed by atoms with Gasteiger partial charge in [-0.1, -0.05) is 28.1 Å². The third kappa shape index (κ3) is 4.45. The number of ether oxygens (including phenoxy) is 2. The Morgan fingerprint density at radius 1 is 1.12 bits per heavy atom. The molecule has 6 heteroatoms. The fourth-order valence-corrected chi connectivity index (χ4v) is 2.43. The Bertz CT molecular complexity index is 786. The maximum absolute atomic E-state index is 12.1. The largest absolute Gasteiger partial charge is 0.496 e. The van der Waals surface area contributed by atoms with E-state index < -0.39 is 5.97 Å². The van der Waals surface area contributed by atoms with E-state index in [1.165, 1.54) is 13.2 Å². The van der Waals surface area contributed by atoms with Gasteiger partial charge in [0.2, 0.25) is 5.91 Å². The summed E-state index contributed by atoms with van der Waals surface area (Å²) in [7, 11) is 2.85. The number of carbonyl (C=O) groups is 2. The van der Waals surface area contributed by atoms with Crippen LogP contribution in [-0.2, 0) is 9.53 Å². The van der Waals surface area contributed by atoms with E-state index in [1.807, 2.05) is 12.1 Å². The van der Waals surface area contributed by atoms with Crippen molar-refractivity contribution in [1.82, 2.24) is 0 Å². The first-order valence-corrected chi connectivity index (χ1v) is 7.84. The summed E-state index contributed by atoms with van der Waals surface area (Å²) in [6, 6.07) is 12.1. The molecule has 0 bridgehead atoms. The Morgan fingerprint density at radius 2 is 1.88 bits per heavy atom. The van der Waals surface area contributed by atoms with Gasteiger partial charge in [0.25, 0.3) is 0 Å². The van der Waals surface area contributed by atoms with Crippen molar-refractivity contribution in [2.75, 3.05) is 19.5 Å². The summed E-state index contributed by atoms with van der Waals surface area (Å²) in [4.78, 5) is 23.8. The van der Waals surface area contributed by atoms with Crippen LogP contribution in [0.3, 0.4) is 0 Å². The quantitative estimate of drug-likeness (QED) is 0.622. The van der Waals surface area contributed by atoms with Gasteiger partial charge in [-0.3, -0.25) is 4.79 Å². The number of hydrogen-bond donors (Lipinski definition) is 1. The second kappa shape index (κ2) is 8.31. The van der Waals surface area contributed by atoms with Gasteiger partial charge in [0, 0.05) is 16.1 Å². The molecule has 0 atom stereocenters. The molecule has 5 nitrogen and oxygen atoms in total. The molecule has 0 aliphatic rings. The molecule has 0 spiro atoms. The summed E-state index contributed by atoms with van der Waals surface area (Å²) in [6.45, 7) is 0. The average molecular weight is 390 g/mol. The average Bonchev–Trinajstić information content (AvgIpc) is 2.60. The summed E-state index contributed by atoms with van der Waals surface area (Å²) < 4.78 is 10.8. The van der Waals surface area contributed by atoms with Crippen LogP contribution < -0.4 is 10.1 Å². The molecule has 0 unspecified atom stereocenters. The van der Waals surface area contributed by atoms with Gasteiger partial charge in [-0.25, -0.2) is 4.79 Å². The molecule has 1 amide bonds. The van der Waals surface area contributed by atoms with Crippen molar-refractivity contribution >= 4 is 39.6 Å². The number of carbonyl (C=O) groups excluding carboxylic acids is 2. The maximum Gasteiger partial charge on any atom is 0.339 e. The van der Waals surface area contributed by atoms with E-state index in [0.29, 0.717) is 17.0 Å². The molecule has 0 aromatic heterocycles. The van der Waals surface area contributed by atoms with Crippen molar-refractivity contribution in [2.24, 2.45) is 0 Å². The summed E-state index contributed by atoms with van der Waals surface area (Å²) in [6.07, 6.45) is 3.01. The standard InChI is InChI=1S/C18H16BrNO4/c1-23-16-9-8-13(19)11-12(16)7-10-17(21)20-15-6-4-3-5-14(15)18(22)24-2/h3-11H,1-2H3,(H,20,21)/b10-7+. The number of rotatable bonds is 5. The molecule has 2 aromatic rings. The Kier molecular flexibility index (Phi) is 6.14. The first-order valence-electron chi connectivity index (χ1n) is 7.05. The predicted molar refractivity (Wildman–Crippen MR) is 96.1 cm³/mol. The zero-order valence-electron chi connectivity index (χ0n) is 13.2. The van der Waals surface area contributed by atoms with E-state index in [2.05, 4.69) is 21.2 Å². The van der Waals surface area contributed by atoms with Crippen molar-refractivity contribution in [1.29, 1.82) is 0 Å². The molecule has 2 aromatic carbocycles.